The summed E-state index contributed by atoms with van der Waals surface area (Å²) in [5.41, 5.74) is 9.94. The number of likely N-dealkylation sites (N-methyl/N-ethyl adjacent to an activating group) is 1. The van der Waals surface area contributed by atoms with Crippen LogP contribution in [-0.2, 0) is 46.2 Å². The van der Waals surface area contributed by atoms with Crippen LogP contribution in [0.1, 0.15) is 96.0 Å². The molecule has 0 saturated heterocycles. The standard InChI is InChI=1S/C44H57N5O9/c1-9-29-25(3)33-22-35-27(5)31(11-12-40(51)52)42(47-35)32(21-39(50)49(7)13-14-56-17-18-58-20-19-57-16-15-55-8)43-41(44(53)54)28(6)36(48-43)24-38-30(10-2)26(4)34(46-38)23-37(29)45-33/h9,22-24,27,31,45-46H,1,10-21H2,2-8H3,(H,51,52)(H,53,54)/t27-,31-/m0/s1. The Morgan fingerprint density at radius 3 is 2.12 bits per heavy atom. The summed E-state index contributed by atoms with van der Waals surface area (Å²) in [6.07, 6.45) is 2.41. The van der Waals surface area contributed by atoms with Gasteiger partial charge in [-0.05, 0) is 74.1 Å². The van der Waals surface area contributed by atoms with Crippen molar-refractivity contribution < 1.29 is 43.5 Å². The summed E-state index contributed by atoms with van der Waals surface area (Å²) in [7, 11) is 3.28. The van der Waals surface area contributed by atoms with Gasteiger partial charge in [-0.15, -0.1) is 0 Å². The van der Waals surface area contributed by atoms with Crippen LogP contribution in [0.4, 0.5) is 0 Å². The molecule has 312 valence electrons. The molecule has 4 N–H and O–H groups in total. The van der Waals surface area contributed by atoms with Crippen molar-refractivity contribution in [3.05, 3.63) is 75.4 Å². The van der Waals surface area contributed by atoms with Gasteiger partial charge in [0.15, 0.2) is 0 Å². The van der Waals surface area contributed by atoms with E-state index in [4.69, 9.17) is 28.9 Å². The number of nitrogens with zero attached hydrogens (tertiary/aromatic N) is 3. The number of carboxylic acids is 2. The molecule has 8 bridgehead atoms. The molecule has 5 heterocycles. The van der Waals surface area contributed by atoms with Crippen LogP contribution >= 0.6 is 0 Å². The van der Waals surface area contributed by atoms with Gasteiger partial charge in [0.2, 0.25) is 5.91 Å². The summed E-state index contributed by atoms with van der Waals surface area (Å²) in [6, 6.07) is 5.89. The number of aromatic nitrogens is 4. The number of rotatable bonds is 20. The molecule has 0 fully saturated rings. The minimum absolute atomic E-state index is 0.0219. The maximum absolute atomic E-state index is 14.1. The smallest absolute Gasteiger partial charge is 0.338 e. The third kappa shape index (κ3) is 9.92. The Balaban J connectivity index is 1.64. The number of hydrogen-bond donors (Lipinski definition) is 4. The van der Waals surface area contributed by atoms with Crippen LogP contribution in [0.25, 0.3) is 39.3 Å². The number of hydrogen-bond acceptors (Lipinski definition) is 9. The molecule has 0 aliphatic carbocycles. The summed E-state index contributed by atoms with van der Waals surface area (Å²) < 4.78 is 21.6. The lowest BCUT2D eigenvalue weighted by molar-refractivity contribution is -0.137. The molecule has 3 aromatic rings. The second-order valence-electron chi connectivity index (χ2n) is 14.7. The van der Waals surface area contributed by atoms with E-state index in [0.717, 1.165) is 50.7 Å². The van der Waals surface area contributed by atoms with Crippen molar-refractivity contribution in [2.24, 2.45) is 0 Å². The van der Waals surface area contributed by atoms with E-state index >= 15 is 0 Å². The topological polar surface area (TPSA) is 189 Å². The van der Waals surface area contributed by atoms with Crippen LogP contribution in [0.15, 0.2) is 24.8 Å². The number of aryl methyl sites for hydroxylation is 3. The van der Waals surface area contributed by atoms with Gasteiger partial charge in [0.05, 0.1) is 75.3 Å². The first-order valence-corrected chi connectivity index (χ1v) is 19.8. The number of H-pyrrole nitrogens is 2. The first kappa shape index (κ1) is 44.0. The molecule has 2 aliphatic rings. The number of carboxylic acid groups (broad SMARTS) is 2. The normalized spacial score (nSPS) is 15.2. The Morgan fingerprint density at radius 1 is 0.862 bits per heavy atom. The lowest BCUT2D eigenvalue weighted by atomic mass is 9.84. The Labute approximate surface area is 339 Å². The van der Waals surface area contributed by atoms with Gasteiger partial charge in [0, 0.05) is 77.8 Å². The van der Waals surface area contributed by atoms with Gasteiger partial charge in [0.1, 0.15) is 0 Å². The Hall–Kier alpha value is -5.15. The van der Waals surface area contributed by atoms with Crippen molar-refractivity contribution in [1.82, 2.24) is 24.8 Å². The molecule has 58 heavy (non-hydrogen) atoms. The predicted molar refractivity (Wildman–Crippen MR) is 224 cm³/mol. The lowest BCUT2D eigenvalue weighted by Crippen LogP contribution is -2.32. The van der Waals surface area contributed by atoms with Crippen LogP contribution in [0, 0.1) is 13.8 Å². The molecule has 14 nitrogen and oxygen atoms in total. The fourth-order valence-corrected chi connectivity index (χ4v) is 7.67. The summed E-state index contributed by atoms with van der Waals surface area (Å²) in [6.45, 7) is 17.1. The number of carbonyl (C=O) groups is 3. The van der Waals surface area contributed by atoms with Crippen molar-refractivity contribution in [2.75, 3.05) is 67.0 Å². The molecule has 3 aromatic heterocycles. The average Bonchev–Trinajstić information content (AvgIpc) is 3.87. The van der Waals surface area contributed by atoms with E-state index in [0.29, 0.717) is 67.9 Å². The molecule has 0 spiro atoms. The van der Waals surface area contributed by atoms with Crippen molar-refractivity contribution in [3.8, 4) is 0 Å². The molecule has 0 aromatic carbocycles. The van der Waals surface area contributed by atoms with Crippen LogP contribution in [-0.4, -0.2) is 120 Å². The molecule has 14 heteroatoms. The van der Waals surface area contributed by atoms with E-state index in [9.17, 15) is 24.6 Å². The van der Waals surface area contributed by atoms with E-state index in [2.05, 4.69) is 36.5 Å². The minimum Gasteiger partial charge on any atom is -0.481 e. The Morgan fingerprint density at radius 2 is 1.50 bits per heavy atom. The van der Waals surface area contributed by atoms with Gasteiger partial charge in [-0.2, -0.15) is 0 Å². The molecule has 2 atom stereocenters. The number of amides is 1. The molecule has 0 unspecified atom stereocenters. The van der Waals surface area contributed by atoms with Gasteiger partial charge in [0.25, 0.3) is 0 Å². The van der Waals surface area contributed by atoms with Gasteiger partial charge in [-0.1, -0.05) is 26.5 Å². The predicted octanol–water partition coefficient (Wildman–Crippen LogP) is 6.60. The van der Waals surface area contributed by atoms with Gasteiger partial charge in [-0.3, -0.25) is 14.6 Å². The van der Waals surface area contributed by atoms with E-state index in [1.54, 1.807) is 21.1 Å². The SMILES string of the molecule is C=Cc1c(C)c2cc3nc(c(CC(=O)N(C)CCOCCOCCOCCOC)c4nc(cc5[nH]c(cc1[nH]2)c(C)c5CC)C(C)=C4C(=O)O)[C@@H](CCC(=O)O)[C@@H]3C. The van der Waals surface area contributed by atoms with Crippen molar-refractivity contribution >= 4 is 57.1 Å². The summed E-state index contributed by atoms with van der Waals surface area (Å²) in [5.74, 6) is -3.15. The summed E-state index contributed by atoms with van der Waals surface area (Å²) >= 11 is 0. The van der Waals surface area contributed by atoms with Gasteiger partial charge in [-0.25, -0.2) is 9.78 Å². The quantitative estimate of drug-likeness (QED) is 0.0902. The van der Waals surface area contributed by atoms with E-state index < -0.39 is 17.9 Å². The molecular weight excluding hydrogens is 743 g/mol. The zero-order valence-corrected chi connectivity index (χ0v) is 34.8. The van der Waals surface area contributed by atoms with Gasteiger partial charge >= 0.3 is 11.9 Å². The molecule has 0 radical (unpaired) electrons. The third-order valence-electron chi connectivity index (χ3n) is 11.1. The first-order chi connectivity index (χ1) is 27.8. The maximum atomic E-state index is 14.1. The number of allylic oxidation sites excluding steroid dienone is 1. The van der Waals surface area contributed by atoms with Crippen molar-refractivity contribution in [1.29, 1.82) is 0 Å². The minimum atomic E-state index is -1.18. The monoisotopic (exact) mass is 799 g/mol. The third-order valence-corrected chi connectivity index (χ3v) is 11.1. The van der Waals surface area contributed by atoms with Gasteiger partial charge < -0.3 is 44.0 Å². The van der Waals surface area contributed by atoms with Crippen LogP contribution < -0.4 is 0 Å². The lowest BCUT2D eigenvalue weighted by Gasteiger charge is -2.21. The highest BCUT2D eigenvalue weighted by atomic mass is 16.6. The fourth-order valence-electron chi connectivity index (χ4n) is 7.67. The highest BCUT2D eigenvalue weighted by Gasteiger charge is 2.36. The zero-order valence-electron chi connectivity index (χ0n) is 34.8. The van der Waals surface area contributed by atoms with Crippen LogP contribution in [0.2, 0.25) is 0 Å². The summed E-state index contributed by atoms with van der Waals surface area (Å²) in [5, 5.41) is 20.5. The molecule has 2 aliphatic heterocycles. The number of nitrogens with one attached hydrogen (secondary N) is 2. The first-order valence-electron chi connectivity index (χ1n) is 19.8. The largest absolute Gasteiger partial charge is 0.481 e. The maximum Gasteiger partial charge on any atom is 0.338 e. The number of ether oxygens (including phenoxy) is 4. The Kier molecular flexibility index (Phi) is 15.2. The number of methoxy groups -OCH3 is 1. The molecule has 1 amide bonds. The second-order valence-corrected chi connectivity index (χ2v) is 14.7. The van der Waals surface area contributed by atoms with Crippen molar-refractivity contribution in [3.63, 3.8) is 0 Å². The molecule has 0 saturated carbocycles. The van der Waals surface area contributed by atoms with Crippen LogP contribution in [0.3, 0.4) is 0 Å². The summed E-state index contributed by atoms with van der Waals surface area (Å²) in [4.78, 5) is 58.1. The zero-order chi connectivity index (χ0) is 42.1. The van der Waals surface area contributed by atoms with Crippen molar-refractivity contribution in [2.45, 2.75) is 72.1 Å². The fraction of sp³-hybridized carbons (Fsp3) is 0.477. The Bertz CT molecular complexity index is 2220. The number of carbonyl (C=O) groups excluding carboxylic acids is 1. The number of fused-ring (bicyclic) bond motifs is 8. The number of aliphatic carboxylic acids is 2. The van der Waals surface area contributed by atoms with Crippen LogP contribution in [0.5, 0.6) is 0 Å². The second kappa shape index (κ2) is 20.0. The van der Waals surface area contributed by atoms with E-state index in [-0.39, 0.29) is 55.5 Å². The average molecular weight is 800 g/mol. The molecular formula is C44H57N5O9. The van der Waals surface area contributed by atoms with E-state index in [1.807, 2.05) is 32.1 Å². The highest BCUT2D eigenvalue weighted by Crippen LogP contribution is 2.44. The van der Waals surface area contributed by atoms with E-state index in [1.165, 1.54) is 4.90 Å². The number of aromatic amines is 2. The molecule has 5 rings (SSSR count). The highest BCUT2D eigenvalue weighted by molar-refractivity contribution is 6.24.